The van der Waals surface area contributed by atoms with Gasteiger partial charge in [0.15, 0.2) is 17.5 Å². The lowest BCUT2D eigenvalue weighted by Crippen LogP contribution is -2.43. The molecule has 7 nitrogen and oxygen atoms in total. The van der Waals surface area contributed by atoms with E-state index in [1.807, 2.05) is 29.9 Å². The number of hydrogen-bond donors (Lipinski definition) is 2. The molecule has 2 rings (SSSR count). The first-order valence-electron chi connectivity index (χ1n) is 10.1. The maximum Gasteiger partial charge on any atom is 0.191 e. The van der Waals surface area contributed by atoms with Crippen LogP contribution in [0.15, 0.2) is 23.2 Å². The Morgan fingerprint density at radius 2 is 1.90 bits per heavy atom. The smallest absolute Gasteiger partial charge is 0.191 e. The van der Waals surface area contributed by atoms with Crippen molar-refractivity contribution in [2.24, 2.45) is 12.0 Å². The molecule has 1 aromatic carbocycles. The molecule has 0 saturated carbocycles. The lowest BCUT2D eigenvalue weighted by Gasteiger charge is -2.18. The van der Waals surface area contributed by atoms with Crippen molar-refractivity contribution in [3.63, 3.8) is 0 Å². The second kappa shape index (κ2) is 12.7. The standard InChI is InChI=1S/C22H35N5O2.HI/c1-8-23-22(25-15(2)13-19-16(3)26-27(5)17(19)4)24-12-11-18-9-10-20(28-6)21(14-18)29-7;/h9-10,14-15H,8,11-13H2,1-7H3,(H2,23,24,25);1H. The molecule has 0 spiro atoms. The van der Waals surface area contributed by atoms with Crippen molar-refractivity contribution in [1.29, 1.82) is 0 Å². The Balaban J connectivity index is 0.00000450. The molecule has 2 N–H and O–H groups in total. The van der Waals surface area contributed by atoms with Crippen molar-refractivity contribution in [2.75, 3.05) is 27.3 Å². The minimum Gasteiger partial charge on any atom is -0.493 e. The molecular formula is C22H36IN5O2. The summed E-state index contributed by atoms with van der Waals surface area (Å²) in [5, 5.41) is 11.4. The minimum atomic E-state index is 0. The molecule has 8 heteroatoms. The van der Waals surface area contributed by atoms with Gasteiger partial charge in [-0.3, -0.25) is 9.67 Å². The number of hydrogen-bond acceptors (Lipinski definition) is 4. The number of methoxy groups -OCH3 is 2. The molecule has 0 aliphatic heterocycles. The maximum absolute atomic E-state index is 5.38. The van der Waals surface area contributed by atoms with Gasteiger partial charge in [-0.1, -0.05) is 6.07 Å². The third-order valence-electron chi connectivity index (χ3n) is 5.01. The Hall–Kier alpha value is -1.97. The Labute approximate surface area is 197 Å². The molecule has 0 fully saturated rings. The highest BCUT2D eigenvalue weighted by Crippen LogP contribution is 2.27. The van der Waals surface area contributed by atoms with E-state index in [2.05, 4.69) is 43.4 Å². The van der Waals surface area contributed by atoms with Crippen molar-refractivity contribution < 1.29 is 9.47 Å². The zero-order valence-corrected chi connectivity index (χ0v) is 21.5. The lowest BCUT2D eigenvalue weighted by molar-refractivity contribution is 0.354. The van der Waals surface area contributed by atoms with Crippen molar-refractivity contribution in [1.82, 2.24) is 20.4 Å². The molecule has 1 heterocycles. The summed E-state index contributed by atoms with van der Waals surface area (Å²) >= 11 is 0. The Kier molecular flexibility index (Phi) is 11.0. The molecule has 0 radical (unpaired) electrons. The molecule has 1 atom stereocenters. The molecule has 0 amide bonds. The van der Waals surface area contributed by atoms with E-state index in [-0.39, 0.29) is 30.0 Å². The molecule has 1 aromatic heterocycles. The number of guanidine groups is 1. The molecule has 1 unspecified atom stereocenters. The van der Waals surface area contributed by atoms with Crippen LogP contribution in [0.3, 0.4) is 0 Å². The average Bonchev–Trinajstić information content (AvgIpc) is 2.93. The minimum absolute atomic E-state index is 0. The summed E-state index contributed by atoms with van der Waals surface area (Å²) in [6, 6.07) is 6.23. The number of rotatable bonds is 9. The predicted octanol–water partition coefficient (Wildman–Crippen LogP) is 3.40. The zero-order valence-electron chi connectivity index (χ0n) is 19.2. The van der Waals surface area contributed by atoms with Crippen LogP contribution < -0.4 is 20.1 Å². The molecule has 30 heavy (non-hydrogen) atoms. The normalized spacial score (nSPS) is 12.2. The summed E-state index contributed by atoms with van der Waals surface area (Å²) in [6.07, 6.45) is 1.73. The van der Waals surface area contributed by atoms with Gasteiger partial charge in [0.2, 0.25) is 0 Å². The van der Waals surface area contributed by atoms with Gasteiger partial charge in [-0.2, -0.15) is 5.10 Å². The van der Waals surface area contributed by atoms with Gasteiger partial charge in [-0.05, 0) is 63.8 Å². The van der Waals surface area contributed by atoms with Crippen LogP contribution in [-0.2, 0) is 19.9 Å². The van der Waals surface area contributed by atoms with Crippen molar-refractivity contribution in [2.45, 2.75) is 46.6 Å². The van der Waals surface area contributed by atoms with Crippen molar-refractivity contribution in [3.05, 3.63) is 40.7 Å². The van der Waals surface area contributed by atoms with Crippen molar-refractivity contribution in [3.8, 4) is 11.5 Å². The number of nitrogens with zero attached hydrogens (tertiary/aromatic N) is 3. The Morgan fingerprint density at radius 3 is 2.47 bits per heavy atom. The van der Waals surface area contributed by atoms with Crippen LogP contribution in [0.5, 0.6) is 11.5 Å². The van der Waals surface area contributed by atoms with Gasteiger partial charge < -0.3 is 20.1 Å². The van der Waals surface area contributed by atoms with E-state index >= 15 is 0 Å². The van der Waals surface area contributed by atoms with Crippen LogP contribution >= 0.6 is 24.0 Å². The summed E-state index contributed by atoms with van der Waals surface area (Å²) < 4.78 is 12.6. The molecule has 0 aliphatic rings. The number of aliphatic imine (C=N–C) groups is 1. The third-order valence-corrected chi connectivity index (χ3v) is 5.01. The average molecular weight is 529 g/mol. The van der Waals surface area contributed by atoms with Gasteiger partial charge in [0.1, 0.15) is 0 Å². The number of nitrogens with one attached hydrogen (secondary N) is 2. The van der Waals surface area contributed by atoms with E-state index in [1.54, 1.807) is 14.2 Å². The van der Waals surface area contributed by atoms with Crippen LogP contribution in [0.2, 0.25) is 0 Å². The first kappa shape index (κ1) is 26.1. The Bertz CT molecular complexity index is 835. The lowest BCUT2D eigenvalue weighted by atomic mass is 10.1. The molecule has 2 aromatic rings. The molecule has 168 valence electrons. The quantitative estimate of drug-likeness (QED) is 0.296. The highest BCUT2D eigenvalue weighted by Gasteiger charge is 2.14. The summed E-state index contributed by atoms with van der Waals surface area (Å²) in [4.78, 5) is 4.74. The topological polar surface area (TPSA) is 72.7 Å². The van der Waals surface area contributed by atoms with Crippen LogP contribution in [0.4, 0.5) is 0 Å². The fraction of sp³-hybridized carbons (Fsp3) is 0.545. The van der Waals surface area contributed by atoms with E-state index in [0.29, 0.717) is 6.54 Å². The predicted molar refractivity (Wildman–Crippen MR) is 134 cm³/mol. The van der Waals surface area contributed by atoms with E-state index in [1.165, 1.54) is 11.3 Å². The van der Waals surface area contributed by atoms with Gasteiger partial charge in [0.05, 0.1) is 19.9 Å². The second-order valence-corrected chi connectivity index (χ2v) is 7.22. The van der Waals surface area contributed by atoms with E-state index in [0.717, 1.165) is 48.1 Å². The first-order valence-corrected chi connectivity index (χ1v) is 10.1. The van der Waals surface area contributed by atoms with Gasteiger partial charge >= 0.3 is 0 Å². The maximum atomic E-state index is 5.38. The highest BCUT2D eigenvalue weighted by atomic mass is 127. The monoisotopic (exact) mass is 529 g/mol. The summed E-state index contributed by atoms with van der Waals surface area (Å²) in [5.41, 5.74) is 4.77. The number of aromatic nitrogens is 2. The number of halogens is 1. The highest BCUT2D eigenvalue weighted by molar-refractivity contribution is 14.0. The van der Waals surface area contributed by atoms with E-state index < -0.39 is 0 Å². The van der Waals surface area contributed by atoms with Crippen molar-refractivity contribution >= 4 is 29.9 Å². The van der Waals surface area contributed by atoms with Crippen LogP contribution in [0.1, 0.15) is 36.4 Å². The van der Waals surface area contributed by atoms with Gasteiger partial charge in [0.25, 0.3) is 0 Å². The zero-order chi connectivity index (χ0) is 21.4. The van der Waals surface area contributed by atoms with Gasteiger partial charge in [0, 0.05) is 31.9 Å². The molecular weight excluding hydrogens is 493 g/mol. The van der Waals surface area contributed by atoms with Gasteiger partial charge in [-0.15, -0.1) is 24.0 Å². The third kappa shape index (κ3) is 7.07. The fourth-order valence-corrected chi connectivity index (χ4v) is 3.36. The van der Waals surface area contributed by atoms with Gasteiger partial charge in [-0.25, -0.2) is 0 Å². The number of aryl methyl sites for hydroxylation is 2. The summed E-state index contributed by atoms with van der Waals surface area (Å²) in [7, 11) is 5.29. The largest absolute Gasteiger partial charge is 0.493 e. The van der Waals surface area contributed by atoms with Crippen LogP contribution in [0.25, 0.3) is 0 Å². The van der Waals surface area contributed by atoms with Crippen LogP contribution in [-0.4, -0.2) is 49.1 Å². The SMILES string of the molecule is CCNC(=NCCc1ccc(OC)c(OC)c1)NC(C)Cc1c(C)nn(C)c1C.I. The second-order valence-electron chi connectivity index (χ2n) is 7.22. The van der Waals surface area contributed by atoms with E-state index in [9.17, 15) is 0 Å². The first-order chi connectivity index (χ1) is 13.9. The van der Waals surface area contributed by atoms with Crippen LogP contribution in [0, 0.1) is 13.8 Å². The van der Waals surface area contributed by atoms with E-state index in [4.69, 9.17) is 14.5 Å². The molecule has 0 aliphatic carbocycles. The summed E-state index contributed by atoms with van der Waals surface area (Å²) in [6.45, 7) is 9.93. The summed E-state index contributed by atoms with van der Waals surface area (Å²) in [5.74, 6) is 2.32. The fourth-order valence-electron chi connectivity index (χ4n) is 3.36. The Morgan fingerprint density at radius 1 is 1.20 bits per heavy atom. The number of benzene rings is 1. The number of ether oxygens (including phenoxy) is 2. The molecule has 0 saturated heterocycles. The molecule has 0 bridgehead atoms.